The third-order valence-electron chi connectivity index (χ3n) is 3.71. The monoisotopic (exact) mass is 253 g/mol. The Morgan fingerprint density at radius 2 is 1.56 bits per heavy atom. The van der Waals surface area contributed by atoms with Gasteiger partial charge in [-0.05, 0) is 31.4 Å². The zero-order valence-electron chi connectivity index (χ0n) is 10.9. The predicted molar refractivity (Wildman–Crippen MR) is 70.8 cm³/mol. The molecule has 0 aromatic heterocycles. The summed E-state index contributed by atoms with van der Waals surface area (Å²) in [6.07, 6.45) is 8.26. The van der Waals surface area contributed by atoms with E-state index in [0.29, 0.717) is 11.3 Å². The van der Waals surface area contributed by atoms with Gasteiger partial charge in [-0.15, -0.1) is 0 Å². The van der Waals surface area contributed by atoms with Crippen LogP contribution in [-0.2, 0) is 0 Å². The highest BCUT2D eigenvalue weighted by Gasteiger charge is 2.14. The number of nitrogens with one attached hydrogen (secondary N) is 1. The van der Waals surface area contributed by atoms with E-state index in [1.165, 1.54) is 44.2 Å². The van der Waals surface area contributed by atoms with Gasteiger partial charge in [-0.1, -0.05) is 32.1 Å². The summed E-state index contributed by atoms with van der Waals surface area (Å²) >= 11 is 0. The van der Waals surface area contributed by atoms with Gasteiger partial charge in [-0.3, -0.25) is 0 Å². The van der Waals surface area contributed by atoms with Gasteiger partial charge in [0, 0.05) is 12.1 Å². The Kier molecular flexibility index (Phi) is 4.56. The molecule has 100 valence electrons. The normalized spacial score (nSPS) is 18.2. The molecular formula is C15H21F2N. The van der Waals surface area contributed by atoms with Crippen LogP contribution < -0.4 is 5.32 Å². The van der Waals surface area contributed by atoms with Gasteiger partial charge >= 0.3 is 0 Å². The van der Waals surface area contributed by atoms with Gasteiger partial charge in [0.25, 0.3) is 0 Å². The summed E-state index contributed by atoms with van der Waals surface area (Å²) in [7, 11) is 0. The van der Waals surface area contributed by atoms with Crippen LogP contribution in [0, 0.1) is 18.6 Å². The third-order valence-corrected chi connectivity index (χ3v) is 3.71. The first-order chi connectivity index (χ1) is 8.66. The fourth-order valence-corrected chi connectivity index (χ4v) is 2.58. The molecule has 1 saturated carbocycles. The molecule has 0 unspecified atom stereocenters. The quantitative estimate of drug-likeness (QED) is 0.798. The highest BCUT2D eigenvalue weighted by molar-refractivity contribution is 5.47. The van der Waals surface area contributed by atoms with Crippen LogP contribution in [0.15, 0.2) is 12.1 Å². The minimum atomic E-state index is -0.351. The van der Waals surface area contributed by atoms with E-state index < -0.39 is 0 Å². The van der Waals surface area contributed by atoms with Crippen LogP contribution in [0.4, 0.5) is 14.5 Å². The minimum absolute atomic E-state index is 0.280. The van der Waals surface area contributed by atoms with E-state index >= 15 is 0 Å². The van der Waals surface area contributed by atoms with Crippen LogP contribution in [0.3, 0.4) is 0 Å². The van der Waals surface area contributed by atoms with Gasteiger partial charge in [0.2, 0.25) is 0 Å². The van der Waals surface area contributed by atoms with Crippen molar-refractivity contribution >= 4 is 5.69 Å². The molecule has 0 aliphatic heterocycles. The summed E-state index contributed by atoms with van der Waals surface area (Å²) in [6.45, 7) is 1.58. The maximum absolute atomic E-state index is 13.7. The SMILES string of the molecule is Cc1cc(F)c(NC2CCCCCCC2)cc1F. The van der Waals surface area contributed by atoms with Gasteiger partial charge < -0.3 is 5.32 Å². The smallest absolute Gasteiger partial charge is 0.146 e. The first kappa shape index (κ1) is 13.3. The van der Waals surface area contributed by atoms with Crippen molar-refractivity contribution in [3.63, 3.8) is 0 Å². The zero-order valence-corrected chi connectivity index (χ0v) is 10.9. The molecule has 1 aliphatic rings. The van der Waals surface area contributed by atoms with Crippen LogP contribution in [0.5, 0.6) is 0 Å². The number of aryl methyl sites for hydroxylation is 1. The second-order valence-corrected chi connectivity index (χ2v) is 5.27. The molecule has 0 radical (unpaired) electrons. The average Bonchev–Trinajstić information content (AvgIpc) is 2.29. The number of hydrogen-bond acceptors (Lipinski definition) is 1. The van der Waals surface area contributed by atoms with Crippen molar-refractivity contribution in [2.24, 2.45) is 0 Å². The van der Waals surface area contributed by atoms with Gasteiger partial charge in [0.05, 0.1) is 5.69 Å². The maximum Gasteiger partial charge on any atom is 0.146 e. The average molecular weight is 253 g/mol. The lowest BCUT2D eigenvalue weighted by atomic mass is 9.96. The fourth-order valence-electron chi connectivity index (χ4n) is 2.58. The lowest BCUT2D eigenvalue weighted by molar-refractivity contribution is 0.469. The highest BCUT2D eigenvalue weighted by atomic mass is 19.1. The largest absolute Gasteiger partial charge is 0.380 e. The third kappa shape index (κ3) is 3.44. The highest BCUT2D eigenvalue weighted by Crippen LogP contribution is 2.24. The molecule has 1 N–H and O–H groups in total. The number of halogens is 2. The first-order valence-electron chi connectivity index (χ1n) is 6.89. The minimum Gasteiger partial charge on any atom is -0.380 e. The molecule has 0 heterocycles. The Morgan fingerprint density at radius 1 is 0.944 bits per heavy atom. The van der Waals surface area contributed by atoms with E-state index in [1.54, 1.807) is 6.92 Å². The number of rotatable bonds is 2. The van der Waals surface area contributed by atoms with Crippen LogP contribution >= 0.6 is 0 Å². The van der Waals surface area contributed by atoms with Crippen molar-refractivity contribution in [1.82, 2.24) is 0 Å². The lowest BCUT2D eigenvalue weighted by Crippen LogP contribution is -2.21. The molecule has 18 heavy (non-hydrogen) atoms. The van der Waals surface area contributed by atoms with Crippen molar-refractivity contribution in [3.8, 4) is 0 Å². The maximum atomic E-state index is 13.7. The molecular weight excluding hydrogens is 232 g/mol. The Balaban J connectivity index is 2.05. The summed E-state index contributed by atoms with van der Waals surface area (Å²) in [6, 6.07) is 2.83. The van der Waals surface area contributed by atoms with Crippen LogP contribution in [0.1, 0.15) is 50.5 Å². The van der Waals surface area contributed by atoms with Crippen molar-refractivity contribution < 1.29 is 8.78 Å². The topological polar surface area (TPSA) is 12.0 Å². The summed E-state index contributed by atoms with van der Waals surface area (Å²) in [5.74, 6) is -0.694. The molecule has 1 fully saturated rings. The van der Waals surface area contributed by atoms with Gasteiger partial charge in [0.15, 0.2) is 0 Å². The van der Waals surface area contributed by atoms with Gasteiger partial charge in [-0.25, -0.2) is 8.78 Å². The summed E-state index contributed by atoms with van der Waals surface area (Å²) in [5.41, 5.74) is 0.666. The molecule has 1 nitrogen and oxygen atoms in total. The van der Waals surface area contributed by atoms with Crippen molar-refractivity contribution in [3.05, 3.63) is 29.3 Å². The zero-order chi connectivity index (χ0) is 13.0. The van der Waals surface area contributed by atoms with Gasteiger partial charge in [-0.2, -0.15) is 0 Å². The summed E-state index contributed by atoms with van der Waals surface area (Å²) in [4.78, 5) is 0. The first-order valence-corrected chi connectivity index (χ1v) is 6.89. The second-order valence-electron chi connectivity index (χ2n) is 5.27. The molecule has 1 aliphatic carbocycles. The molecule has 0 spiro atoms. The molecule has 1 aromatic carbocycles. The Hall–Kier alpha value is -1.12. The van der Waals surface area contributed by atoms with Crippen molar-refractivity contribution in [2.45, 2.75) is 57.9 Å². The standard InChI is InChI=1S/C15H21F2N/c1-11-9-14(17)15(10-13(11)16)18-12-7-5-3-2-4-6-8-12/h9-10,12,18H,2-8H2,1H3. The van der Waals surface area contributed by atoms with Crippen LogP contribution in [0.2, 0.25) is 0 Å². The van der Waals surface area contributed by atoms with Gasteiger partial charge in [0.1, 0.15) is 11.6 Å². The fraction of sp³-hybridized carbons (Fsp3) is 0.600. The van der Waals surface area contributed by atoms with E-state index in [1.807, 2.05) is 0 Å². The van der Waals surface area contributed by atoms with Crippen LogP contribution in [-0.4, -0.2) is 6.04 Å². The molecule has 2 rings (SSSR count). The molecule has 1 aromatic rings. The Morgan fingerprint density at radius 3 is 2.22 bits per heavy atom. The Labute approximate surface area is 108 Å². The molecule has 0 bridgehead atoms. The number of anilines is 1. The van der Waals surface area contributed by atoms with Crippen molar-refractivity contribution in [2.75, 3.05) is 5.32 Å². The van der Waals surface area contributed by atoms with E-state index in [-0.39, 0.29) is 17.7 Å². The summed E-state index contributed by atoms with van der Waals surface area (Å²) in [5, 5.41) is 3.17. The second kappa shape index (κ2) is 6.17. The summed E-state index contributed by atoms with van der Waals surface area (Å²) < 4.78 is 27.2. The van der Waals surface area contributed by atoms with E-state index in [0.717, 1.165) is 12.8 Å². The van der Waals surface area contributed by atoms with E-state index in [9.17, 15) is 8.78 Å². The lowest BCUT2D eigenvalue weighted by Gasteiger charge is -2.22. The molecule has 3 heteroatoms. The predicted octanol–water partition coefficient (Wildman–Crippen LogP) is 4.80. The van der Waals surface area contributed by atoms with E-state index in [4.69, 9.17) is 0 Å². The number of benzene rings is 1. The molecule has 0 saturated heterocycles. The van der Waals surface area contributed by atoms with Crippen LogP contribution in [0.25, 0.3) is 0 Å². The number of hydrogen-bond donors (Lipinski definition) is 1. The molecule has 0 amide bonds. The van der Waals surface area contributed by atoms with Crippen molar-refractivity contribution in [1.29, 1.82) is 0 Å². The Bertz CT molecular complexity index is 396. The molecule has 0 atom stereocenters. The van der Waals surface area contributed by atoms with E-state index in [2.05, 4.69) is 5.32 Å².